The highest BCUT2D eigenvalue weighted by Gasteiger charge is 2.14. The average Bonchev–Trinajstić information content (AvgIpc) is 3.40. The van der Waals surface area contributed by atoms with E-state index in [-0.39, 0.29) is 24.6 Å². The lowest BCUT2D eigenvalue weighted by molar-refractivity contribution is 0.0952. The molecule has 0 atom stereocenters. The van der Waals surface area contributed by atoms with Gasteiger partial charge in [-0.3, -0.25) is 9.59 Å². The first-order valence-corrected chi connectivity index (χ1v) is 11.2. The molecule has 4 rings (SSSR count). The van der Waals surface area contributed by atoms with Crippen molar-refractivity contribution in [3.63, 3.8) is 0 Å². The minimum Gasteiger partial charge on any atom is -0.350 e. The summed E-state index contributed by atoms with van der Waals surface area (Å²) in [4.78, 5) is 31.1. The number of hydrogen-bond acceptors (Lipinski definition) is 6. The molecule has 0 saturated carbocycles. The number of aromatic nitrogens is 3. The van der Waals surface area contributed by atoms with E-state index in [0.717, 1.165) is 20.5 Å². The second-order valence-electron chi connectivity index (χ2n) is 6.45. The summed E-state index contributed by atoms with van der Waals surface area (Å²) in [6.07, 6.45) is 0. The van der Waals surface area contributed by atoms with E-state index >= 15 is 0 Å². The Hall–Kier alpha value is -2.81. The number of hydrogen-bond donors (Lipinski definition) is 1. The number of benzene rings is 1. The van der Waals surface area contributed by atoms with Crippen LogP contribution < -0.4 is 10.9 Å². The Morgan fingerprint density at radius 3 is 2.70 bits per heavy atom. The van der Waals surface area contributed by atoms with Gasteiger partial charge in [-0.15, -0.1) is 22.7 Å². The number of halogens is 1. The van der Waals surface area contributed by atoms with Crippen LogP contribution in [0.2, 0.25) is 5.02 Å². The van der Waals surface area contributed by atoms with Crippen molar-refractivity contribution in [3.05, 3.63) is 80.5 Å². The van der Waals surface area contributed by atoms with Crippen molar-refractivity contribution >= 4 is 40.2 Å². The molecule has 1 amide bonds. The Morgan fingerprint density at radius 1 is 1.17 bits per heavy atom. The van der Waals surface area contributed by atoms with Gasteiger partial charge in [0.15, 0.2) is 0 Å². The third-order valence-corrected chi connectivity index (χ3v) is 6.81. The molecular formula is C21H17ClN4O2S2. The molecule has 0 bridgehead atoms. The lowest BCUT2D eigenvalue weighted by Gasteiger charge is -2.08. The summed E-state index contributed by atoms with van der Waals surface area (Å²) in [6.45, 7) is 2.48. The van der Waals surface area contributed by atoms with Crippen LogP contribution in [0.3, 0.4) is 0 Å². The first-order chi connectivity index (χ1) is 14.5. The summed E-state index contributed by atoms with van der Waals surface area (Å²) in [5, 5.41) is 10.8. The maximum Gasteiger partial charge on any atom is 0.266 e. The van der Waals surface area contributed by atoms with E-state index in [4.69, 9.17) is 11.6 Å². The Balaban J connectivity index is 1.48. The molecular weight excluding hydrogens is 440 g/mol. The van der Waals surface area contributed by atoms with Crippen molar-refractivity contribution < 1.29 is 4.79 Å². The molecule has 0 radical (unpaired) electrons. The van der Waals surface area contributed by atoms with Gasteiger partial charge in [-0.25, -0.2) is 9.67 Å². The number of rotatable bonds is 6. The normalized spacial score (nSPS) is 10.9. The third-order valence-electron chi connectivity index (χ3n) is 4.34. The minimum atomic E-state index is -0.227. The zero-order chi connectivity index (χ0) is 21.1. The number of amides is 1. The quantitative estimate of drug-likeness (QED) is 0.463. The van der Waals surface area contributed by atoms with Gasteiger partial charge in [-0.2, -0.15) is 5.10 Å². The summed E-state index contributed by atoms with van der Waals surface area (Å²) < 4.78 is 1.36. The largest absolute Gasteiger partial charge is 0.350 e. The topological polar surface area (TPSA) is 76.9 Å². The van der Waals surface area contributed by atoms with E-state index in [1.165, 1.54) is 10.7 Å². The van der Waals surface area contributed by atoms with Gasteiger partial charge in [0.2, 0.25) is 0 Å². The highest BCUT2D eigenvalue weighted by Crippen LogP contribution is 2.35. The fourth-order valence-corrected chi connectivity index (χ4v) is 4.80. The number of carbonyl (C=O) groups is 1. The van der Waals surface area contributed by atoms with Crippen LogP contribution in [0.25, 0.3) is 20.5 Å². The molecule has 3 aromatic heterocycles. The van der Waals surface area contributed by atoms with Crippen LogP contribution in [0.1, 0.15) is 16.1 Å². The summed E-state index contributed by atoms with van der Waals surface area (Å²) in [5.41, 5.74) is 1.85. The molecule has 0 aliphatic heterocycles. The van der Waals surface area contributed by atoms with Crippen molar-refractivity contribution in [2.24, 2.45) is 0 Å². The second-order valence-corrected chi connectivity index (χ2v) is 8.84. The predicted molar refractivity (Wildman–Crippen MR) is 121 cm³/mol. The van der Waals surface area contributed by atoms with Gasteiger partial charge >= 0.3 is 0 Å². The zero-order valence-corrected chi connectivity index (χ0v) is 18.4. The smallest absolute Gasteiger partial charge is 0.266 e. The number of carbonyl (C=O) groups excluding carboxylic acids is 1. The fourth-order valence-electron chi connectivity index (χ4n) is 2.85. The van der Waals surface area contributed by atoms with Crippen molar-refractivity contribution in [1.82, 2.24) is 20.1 Å². The molecule has 152 valence electrons. The van der Waals surface area contributed by atoms with Crippen LogP contribution in [0.4, 0.5) is 0 Å². The molecule has 3 heterocycles. The van der Waals surface area contributed by atoms with Crippen molar-refractivity contribution in [2.75, 3.05) is 6.54 Å². The summed E-state index contributed by atoms with van der Waals surface area (Å²) in [7, 11) is 0. The molecule has 0 spiro atoms. The van der Waals surface area contributed by atoms with E-state index in [1.54, 1.807) is 53.0 Å². The summed E-state index contributed by atoms with van der Waals surface area (Å²) >= 11 is 9.03. The summed E-state index contributed by atoms with van der Waals surface area (Å²) in [6, 6.07) is 13.9. The van der Waals surface area contributed by atoms with Gasteiger partial charge < -0.3 is 5.32 Å². The molecule has 6 nitrogen and oxygen atoms in total. The number of aryl methyl sites for hydroxylation is 1. The molecule has 0 saturated heterocycles. The SMILES string of the molecule is Cc1nc(-c2cccs2)sc1-c1ccc(=O)n(CCNC(=O)c2ccc(Cl)cc2)n1. The van der Waals surface area contributed by atoms with Gasteiger partial charge in [-0.1, -0.05) is 17.7 Å². The predicted octanol–water partition coefficient (Wildman–Crippen LogP) is 4.49. The first-order valence-electron chi connectivity index (χ1n) is 9.15. The molecule has 9 heteroatoms. The second kappa shape index (κ2) is 8.91. The van der Waals surface area contributed by atoms with Crippen molar-refractivity contribution in [3.8, 4) is 20.5 Å². The van der Waals surface area contributed by atoms with E-state index in [0.29, 0.717) is 16.3 Å². The van der Waals surface area contributed by atoms with Crippen LogP contribution in [-0.2, 0) is 6.54 Å². The number of thiophene rings is 1. The Morgan fingerprint density at radius 2 is 1.97 bits per heavy atom. The molecule has 1 N–H and O–H groups in total. The average molecular weight is 457 g/mol. The number of thiazole rings is 1. The van der Waals surface area contributed by atoms with Gasteiger partial charge in [0.05, 0.1) is 22.0 Å². The third kappa shape index (κ3) is 4.51. The standard InChI is InChI=1S/C21H17ClN4O2S2/c1-13-19(30-21(24-13)17-3-2-12-29-17)16-8-9-18(27)26(25-16)11-10-23-20(28)14-4-6-15(22)7-5-14/h2-9,12H,10-11H2,1H3,(H,23,28). The number of nitrogens with zero attached hydrogens (tertiary/aromatic N) is 3. The molecule has 0 unspecified atom stereocenters. The first kappa shape index (κ1) is 20.5. The lowest BCUT2D eigenvalue weighted by atomic mass is 10.2. The number of nitrogens with one attached hydrogen (secondary N) is 1. The van der Waals surface area contributed by atoms with Gasteiger partial charge in [0.25, 0.3) is 11.5 Å². The Kier molecular flexibility index (Phi) is 6.08. The fraction of sp³-hybridized carbons (Fsp3) is 0.143. The van der Waals surface area contributed by atoms with Crippen molar-refractivity contribution in [2.45, 2.75) is 13.5 Å². The highest BCUT2D eigenvalue weighted by atomic mass is 35.5. The molecule has 0 fully saturated rings. The summed E-state index contributed by atoms with van der Waals surface area (Å²) in [5.74, 6) is -0.227. The maximum absolute atomic E-state index is 12.2. The molecule has 0 aliphatic carbocycles. The van der Waals surface area contributed by atoms with Crippen LogP contribution in [0.15, 0.2) is 58.7 Å². The maximum atomic E-state index is 12.2. The van der Waals surface area contributed by atoms with Gasteiger partial charge in [-0.05, 0) is 48.7 Å². The molecule has 4 aromatic rings. The molecule has 0 aliphatic rings. The molecule has 30 heavy (non-hydrogen) atoms. The van der Waals surface area contributed by atoms with Gasteiger partial charge in [0.1, 0.15) is 10.7 Å². The minimum absolute atomic E-state index is 0.222. The zero-order valence-electron chi connectivity index (χ0n) is 16.0. The van der Waals surface area contributed by atoms with Crippen LogP contribution >= 0.6 is 34.3 Å². The van der Waals surface area contributed by atoms with Crippen molar-refractivity contribution in [1.29, 1.82) is 0 Å². The van der Waals surface area contributed by atoms with Gasteiger partial charge in [0, 0.05) is 23.2 Å². The van der Waals surface area contributed by atoms with E-state index in [2.05, 4.69) is 15.4 Å². The monoisotopic (exact) mass is 456 g/mol. The van der Waals surface area contributed by atoms with E-state index in [1.807, 2.05) is 24.4 Å². The Labute approximate surface area is 185 Å². The van der Waals surface area contributed by atoms with Crippen LogP contribution in [0.5, 0.6) is 0 Å². The highest BCUT2D eigenvalue weighted by molar-refractivity contribution is 7.23. The lowest BCUT2D eigenvalue weighted by Crippen LogP contribution is -2.31. The molecule has 1 aromatic carbocycles. The van der Waals surface area contributed by atoms with Crippen LogP contribution in [0, 0.1) is 6.92 Å². The van der Waals surface area contributed by atoms with Crippen LogP contribution in [-0.4, -0.2) is 27.2 Å². The van der Waals surface area contributed by atoms with E-state index < -0.39 is 0 Å². The Bertz CT molecular complexity index is 1230. The van der Waals surface area contributed by atoms with E-state index in [9.17, 15) is 9.59 Å².